The second kappa shape index (κ2) is 5.12. The molecule has 0 fully saturated rings. The third kappa shape index (κ3) is 2.51. The van der Waals surface area contributed by atoms with E-state index in [1.165, 1.54) is 0 Å². The van der Waals surface area contributed by atoms with Crippen molar-refractivity contribution in [3.63, 3.8) is 0 Å². The average molecular weight is 273 g/mol. The van der Waals surface area contributed by atoms with Crippen LogP contribution >= 0.6 is 0 Å². The van der Waals surface area contributed by atoms with E-state index in [1.807, 2.05) is 16.9 Å². The fraction of sp³-hybridized carbons (Fsp3) is 0.231. The van der Waals surface area contributed by atoms with Gasteiger partial charge in [-0.2, -0.15) is 5.10 Å². The SMILES string of the molecule is Nc1cc2oc(=O)[nH]c2cc1NCCCn1cccn1. The molecule has 0 aliphatic heterocycles. The van der Waals surface area contributed by atoms with E-state index in [2.05, 4.69) is 15.4 Å². The zero-order chi connectivity index (χ0) is 13.9. The van der Waals surface area contributed by atoms with E-state index in [4.69, 9.17) is 10.2 Å². The van der Waals surface area contributed by atoms with Crippen LogP contribution in [-0.4, -0.2) is 21.3 Å². The molecule has 0 bridgehead atoms. The molecule has 0 unspecified atom stereocenters. The first-order valence-electron chi connectivity index (χ1n) is 6.36. The highest BCUT2D eigenvalue weighted by molar-refractivity contribution is 5.85. The summed E-state index contributed by atoms with van der Waals surface area (Å²) in [5.41, 5.74) is 8.36. The minimum absolute atomic E-state index is 0.467. The lowest BCUT2D eigenvalue weighted by atomic mass is 10.2. The summed E-state index contributed by atoms with van der Waals surface area (Å²) in [7, 11) is 0. The number of H-pyrrole nitrogens is 1. The molecule has 7 heteroatoms. The number of aromatic nitrogens is 3. The number of aromatic amines is 1. The lowest BCUT2D eigenvalue weighted by molar-refractivity contribution is 0.555. The lowest BCUT2D eigenvalue weighted by Crippen LogP contribution is -2.08. The van der Waals surface area contributed by atoms with Gasteiger partial charge in [-0.1, -0.05) is 0 Å². The van der Waals surface area contributed by atoms with Crippen molar-refractivity contribution in [1.82, 2.24) is 14.8 Å². The Hall–Kier alpha value is -2.70. The van der Waals surface area contributed by atoms with Gasteiger partial charge in [0, 0.05) is 31.5 Å². The fourth-order valence-electron chi connectivity index (χ4n) is 2.06. The Bertz CT molecular complexity index is 757. The fourth-order valence-corrected chi connectivity index (χ4v) is 2.06. The molecule has 0 aliphatic carbocycles. The first-order valence-corrected chi connectivity index (χ1v) is 6.36. The van der Waals surface area contributed by atoms with Crippen molar-refractivity contribution in [3.05, 3.63) is 41.1 Å². The number of oxazole rings is 1. The van der Waals surface area contributed by atoms with Crippen molar-refractivity contribution >= 4 is 22.5 Å². The molecule has 0 aliphatic rings. The van der Waals surface area contributed by atoms with Gasteiger partial charge in [0.25, 0.3) is 0 Å². The molecule has 3 aromatic rings. The summed E-state index contributed by atoms with van der Waals surface area (Å²) in [5, 5.41) is 7.38. The number of nitrogens with one attached hydrogen (secondary N) is 2. The van der Waals surface area contributed by atoms with Gasteiger partial charge >= 0.3 is 5.76 Å². The van der Waals surface area contributed by atoms with Crippen LogP contribution in [-0.2, 0) is 6.54 Å². The predicted octanol–water partition coefficient (Wildman–Crippen LogP) is 1.40. The highest BCUT2D eigenvalue weighted by atomic mass is 16.4. The third-order valence-corrected chi connectivity index (χ3v) is 3.03. The number of nitrogens with two attached hydrogens (primary N) is 1. The Kier molecular flexibility index (Phi) is 3.16. The van der Waals surface area contributed by atoms with E-state index >= 15 is 0 Å². The summed E-state index contributed by atoms with van der Waals surface area (Å²) >= 11 is 0. The largest absolute Gasteiger partial charge is 0.417 e. The van der Waals surface area contributed by atoms with Gasteiger partial charge in [0.1, 0.15) is 0 Å². The molecule has 0 saturated heterocycles. The molecule has 0 amide bonds. The summed E-state index contributed by atoms with van der Waals surface area (Å²) in [6.45, 7) is 1.60. The van der Waals surface area contributed by atoms with Crippen LogP contribution in [0.25, 0.3) is 11.1 Å². The summed E-state index contributed by atoms with van der Waals surface area (Å²) in [6, 6.07) is 5.32. The van der Waals surface area contributed by atoms with Crippen molar-refractivity contribution in [2.24, 2.45) is 0 Å². The first kappa shape index (κ1) is 12.3. The molecule has 4 N–H and O–H groups in total. The lowest BCUT2D eigenvalue weighted by Gasteiger charge is -2.09. The standard InChI is InChI=1S/C13H15N5O2/c14-9-7-12-11(17-13(19)20-12)8-10(9)15-3-1-5-18-6-2-4-16-18/h2,4,6-8,15H,1,3,5,14H2,(H,17,19). The second-order valence-corrected chi connectivity index (χ2v) is 4.50. The summed E-state index contributed by atoms with van der Waals surface area (Å²) in [4.78, 5) is 13.7. The van der Waals surface area contributed by atoms with E-state index in [0.29, 0.717) is 16.8 Å². The van der Waals surface area contributed by atoms with Gasteiger partial charge in [-0.15, -0.1) is 0 Å². The number of aryl methyl sites for hydroxylation is 1. The molecule has 7 nitrogen and oxygen atoms in total. The normalized spacial score (nSPS) is 11.0. The Morgan fingerprint density at radius 3 is 3.15 bits per heavy atom. The van der Waals surface area contributed by atoms with E-state index in [9.17, 15) is 4.79 Å². The summed E-state index contributed by atoms with van der Waals surface area (Å²) < 4.78 is 6.82. The van der Waals surface area contributed by atoms with Gasteiger partial charge in [0.15, 0.2) is 5.58 Å². The maximum absolute atomic E-state index is 11.1. The Morgan fingerprint density at radius 2 is 2.35 bits per heavy atom. The molecule has 0 atom stereocenters. The van der Waals surface area contributed by atoms with Crippen molar-refractivity contribution in [3.8, 4) is 0 Å². The number of anilines is 2. The minimum Gasteiger partial charge on any atom is -0.408 e. The van der Waals surface area contributed by atoms with Crippen LogP contribution in [0.4, 0.5) is 11.4 Å². The molecular weight excluding hydrogens is 258 g/mol. The van der Waals surface area contributed by atoms with Gasteiger partial charge in [-0.3, -0.25) is 9.67 Å². The number of hydrogen-bond acceptors (Lipinski definition) is 5. The van der Waals surface area contributed by atoms with Gasteiger partial charge in [0.2, 0.25) is 0 Å². The van der Waals surface area contributed by atoms with Crippen molar-refractivity contribution in [2.45, 2.75) is 13.0 Å². The molecule has 104 valence electrons. The monoisotopic (exact) mass is 273 g/mol. The first-order chi connectivity index (χ1) is 9.72. The Morgan fingerprint density at radius 1 is 1.45 bits per heavy atom. The smallest absolute Gasteiger partial charge is 0.408 e. The van der Waals surface area contributed by atoms with Crippen LogP contribution < -0.4 is 16.8 Å². The maximum Gasteiger partial charge on any atom is 0.417 e. The van der Waals surface area contributed by atoms with Gasteiger partial charge in [0.05, 0.1) is 16.9 Å². The zero-order valence-electron chi connectivity index (χ0n) is 10.8. The molecule has 2 aromatic heterocycles. The number of fused-ring (bicyclic) bond motifs is 1. The second-order valence-electron chi connectivity index (χ2n) is 4.50. The van der Waals surface area contributed by atoms with Crippen molar-refractivity contribution < 1.29 is 4.42 Å². The van der Waals surface area contributed by atoms with Gasteiger partial charge in [-0.05, 0) is 18.6 Å². The quantitative estimate of drug-likeness (QED) is 0.482. The molecule has 0 spiro atoms. The number of hydrogen-bond donors (Lipinski definition) is 3. The van der Waals surface area contributed by atoms with Crippen LogP contribution in [0.15, 0.2) is 39.8 Å². The van der Waals surface area contributed by atoms with E-state index in [-0.39, 0.29) is 0 Å². The molecule has 3 rings (SSSR count). The Balaban J connectivity index is 1.64. The van der Waals surface area contributed by atoms with Gasteiger partial charge < -0.3 is 15.5 Å². The molecule has 2 heterocycles. The minimum atomic E-state index is -0.477. The van der Waals surface area contributed by atoms with Gasteiger partial charge in [-0.25, -0.2) is 4.79 Å². The van der Waals surface area contributed by atoms with E-state index in [0.717, 1.165) is 25.2 Å². The predicted molar refractivity (Wildman–Crippen MR) is 76.6 cm³/mol. The van der Waals surface area contributed by atoms with Crippen molar-refractivity contribution in [1.29, 1.82) is 0 Å². The number of rotatable bonds is 5. The average Bonchev–Trinajstić information content (AvgIpc) is 3.03. The molecular formula is C13H15N5O2. The third-order valence-electron chi connectivity index (χ3n) is 3.03. The van der Waals surface area contributed by atoms with Crippen LogP contribution in [0.3, 0.4) is 0 Å². The molecule has 0 radical (unpaired) electrons. The maximum atomic E-state index is 11.1. The van der Waals surface area contributed by atoms with Crippen LogP contribution in [0.1, 0.15) is 6.42 Å². The highest BCUT2D eigenvalue weighted by Gasteiger charge is 2.06. The Labute approximate surface area is 114 Å². The van der Waals surface area contributed by atoms with Crippen molar-refractivity contribution in [2.75, 3.05) is 17.6 Å². The highest BCUT2D eigenvalue weighted by Crippen LogP contribution is 2.24. The molecule has 1 aromatic carbocycles. The molecule has 20 heavy (non-hydrogen) atoms. The van der Waals surface area contributed by atoms with Crippen LogP contribution in [0.5, 0.6) is 0 Å². The summed E-state index contributed by atoms with van der Waals surface area (Å²) in [5.74, 6) is -0.477. The zero-order valence-corrected chi connectivity index (χ0v) is 10.8. The number of nitrogens with zero attached hydrogens (tertiary/aromatic N) is 2. The van der Waals surface area contributed by atoms with Crippen LogP contribution in [0, 0.1) is 0 Å². The molecule has 0 saturated carbocycles. The topological polar surface area (TPSA) is 102 Å². The number of benzene rings is 1. The van der Waals surface area contributed by atoms with E-state index in [1.54, 1.807) is 18.3 Å². The number of nitrogen functional groups attached to an aromatic ring is 1. The summed E-state index contributed by atoms with van der Waals surface area (Å²) in [6.07, 6.45) is 4.60. The van der Waals surface area contributed by atoms with Crippen LogP contribution in [0.2, 0.25) is 0 Å². The van der Waals surface area contributed by atoms with E-state index < -0.39 is 5.76 Å².